The Hall–Kier alpha value is -2.91. The maximum atomic E-state index is 12.7. The molecule has 0 bridgehead atoms. The molecule has 1 amide bonds. The smallest absolute Gasteiger partial charge is 0.416 e. The molecular formula is C23H22F3N3O2S. The standard InChI is InChI=1S/C23H22F3N3O2S/c1-31-20-4-2-3-17(13-20)21-27-19(15-32-21)14-28-9-11-29(12-10-28)22(30)16-5-7-18(8-6-16)23(24,25)26/h2-8,13,15H,9-12,14H2,1H3. The third-order valence-electron chi connectivity index (χ3n) is 5.37. The van der Waals surface area contributed by atoms with Gasteiger partial charge in [0.05, 0.1) is 18.4 Å². The van der Waals surface area contributed by atoms with E-state index in [1.807, 2.05) is 29.6 Å². The van der Waals surface area contributed by atoms with E-state index in [0.717, 1.165) is 34.1 Å². The molecule has 32 heavy (non-hydrogen) atoms. The summed E-state index contributed by atoms with van der Waals surface area (Å²) in [5.74, 6) is 0.542. The van der Waals surface area contributed by atoms with Crippen LogP contribution < -0.4 is 4.74 Å². The second-order valence-electron chi connectivity index (χ2n) is 7.52. The molecule has 0 N–H and O–H groups in total. The molecule has 5 nitrogen and oxygen atoms in total. The van der Waals surface area contributed by atoms with Crippen molar-refractivity contribution in [3.05, 3.63) is 70.7 Å². The van der Waals surface area contributed by atoms with Crippen molar-refractivity contribution >= 4 is 17.2 Å². The fourth-order valence-electron chi connectivity index (χ4n) is 3.59. The predicted octanol–water partition coefficient (Wildman–Crippen LogP) is 4.80. The van der Waals surface area contributed by atoms with Crippen LogP contribution in [0.3, 0.4) is 0 Å². The Morgan fingerprint density at radius 1 is 1.09 bits per heavy atom. The Balaban J connectivity index is 1.32. The molecule has 0 aliphatic carbocycles. The predicted molar refractivity (Wildman–Crippen MR) is 117 cm³/mol. The molecule has 1 aliphatic heterocycles. The number of rotatable bonds is 5. The highest BCUT2D eigenvalue weighted by Crippen LogP contribution is 2.30. The molecule has 1 aromatic heterocycles. The zero-order chi connectivity index (χ0) is 22.7. The van der Waals surface area contributed by atoms with Gasteiger partial charge in [-0.25, -0.2) is 4.98 Å². The first-order valence-corrected chi connectivity index (χ1v) is 11.0. The van der Waals surface area contributed by atoms with Gasteiger partial charge in [-0.1, -0.05) is 12.1 Å². The molecule has 9 heteroatoms. The topological polar surface area (TPSA) is 45.7 Å². The maximum absolute atomic E-state index is 12.7. The molecule has 0 radical (unpaired) electrons. The molecule has 168 valence electrons. The third-order valence-corrected chi connectivity index (χ3v) is 6.31. The van der Waals surface area contributed by atoms with Crippen LogP contribution in [-0.4, -0.2) is 54.0 Å². The zero-order valence-electron chi connectivity index (χ0n) is 17.4. The summed E-state index contributed by atoms with van der Waals surface area (Å²) in [5.41, 5.74) is 1.49. The van der Waals surface area contributed by atoms with Crippen molar-refractivity contribution in [1.29, 1.82) is 0 Å². The van der Waals surface area contributed by atoms with Gasteiger partial charge in [0.15, 0.2) is 0 Å². The van der Waals surface area contributed by atoms with E-state index in [4.69, 9.17) is 9.72 Å². The Labute approximate surface area is 188 Å². The van der Waals surface area contributed by atoms with Crippen LogP contribution in [0.5, 0.6) is 5.75 Å². The Morgan fingerprint density at radius 2 is 1.81 bits per heavy atom. The molecular weight excluding hydrogens is 439 g/mol. The monoisotopic (exact) mass is 461 g/mol. The minimum Gasteiger partial charge on any atom is -0.497 e. The number of hydrogen-bond acceptors (Lipinski definition) is 5. The number of nitrogens with zero attached hydrogens (tertiary/aromatic N) is 3. The van der Waals surface area contributed by atoms with Gasteiger partial charge in [0.1, 0.15) is 10.8 Å². The summed E-state index contributed by atoms with van der Waals surface area (Å²) < 4.78 is 43.4. The summed E-state index contributed by atoms with van der Waals surface area (Å²) in [7, 11) is 1.63. The molecule has 1 aliphatic rings. The van der Waals surface area contributed by atoms with Crippen molar-refractivity contribution < 1.29 is 22.7 Å². The number of thiazole rings is 1. The Bertz CT molecular complexity index is 1070. The van der Waals surface area contributed by atoms with Crippen LogP contribution in [-0.2, 0) is 12.7 Å². The normalized spacial score (nSPS) is 15.1. The van der Waals surface area contributed by atoms with Crippen molar-refractivity contribution in [2.45, 2.75) is 12.7 Å². The van der Waals surface area contributed by atoms with E-state index in [1.54, 1.807) is 23.3 Å². The summed E-state index contributed by atoms with van der Waals surface area (Å²) in [4.78, 5) is 21.3. The van der Waals surface area contributed by atoms with Crippen molar-refractivity contribution in [1.82, 2.24) is 14.8 Å². The zero-order valence-corrected chi connectivity index (χ0v) is 18.2. The lowest BCUT2D eigenvalue weighted by molar-refractivity contribution is -0.137. The number of piperazine rings is 1. The lowest BCUT2D eigenvalue weighted by atomic mass is 10.1. The van der Waals surface area contributed by atoms with Crippen LogP contribution in [0.1, 0.15) is 21.6 Å². The van der Waals surface area contributed by atoms with Crippen molar-refractivity contribution in [2.24, 2.45) is 0 Å². The van der Waals surface area contributed by atoms with Gasteiger partial charge in [-0.2, -0.15) is 13.2 Å². The van der Waals surface area contributed by atoms with E-state index in [9.17, 15) is 18.0 Å². The molecule has 0 saturated carbocycles. The number of methoxy groups -OCH3 is 1. The minimum absolute atomic E-state index is 0.243. The fraction of sp³-hybridized carbons (Fsp3) is 0.304. The fourth-order valence-corrected chi connectivity index (χ4v) is 4.40. The van der Waals surface area contributed by atoms with Crippen LogP contribution in [0.25, 0.3) is 10.6 Å². The lowest BCUT2D eigenvalue weighted by Gasteiger charge is -2.34. The first kappa shape index (κ1) is 22.3. The summed E-state index contributed by atoms with van der Waals surface area (Å²) in [6.45, 7) is 3.08. The Morgan fingerprint density at radius 3 is 2.47 bits per heavy atom. The largest absolute Gasteiger partial charge is 0.497 e. The number of aromatic nitrogens is 1. The van der Waals surface area contributed by atoms with Crippen LogP contribution in [0.15, 0.2) is 53.9 Å². The number of benzene rings is 2. The molecule has 0 atom stereocenters. The van der Waals surface area contributed by atoms with Gasteiger partial charge in [-0.05, 0) is 36.4 Å². The molecule has 1 fully saturated rings. The van der Waals surface area contributed by atoms with Gasteiger partial charge >= 0.3 is 6.18 Å². The SMILES string of the molecule is COc1cccc(-c2nc(CN3CCN(C(=O)c4ccc(C(F)(F)F)cc4)CC3)cs2)c1. The third kappa shape index (κ3) is 5.11. The van der Waals surface area contributed by atoms with Crippen LogP contribution in [0.2, 0.25) is 0 Å². The lowest BCUT2D eigenvalue weighted by Crippen LogP contribution is -2.48. The van der Waals surface area contributed by atoms with Crippen molar-refractivity contribution in [3.8, 4) is 16.3 Å². The average molecular weight is 462 g/mol. The summed E-state index contributed by atoms with van der Waals surface area (Å²) >= 11 is 1.58. The van der Waals surface area contributed by atoms with Crippen molar-refractivity contribution in [3.63, 3.8) is 0 Å². The van der Waals surface area contributed by atoms with E-state index < -0.39 is 11.7 Å². The molecule has 4 rings (SSSR count). The van der Waals surface area contributed by atoms with Gasteiger partial charge in [0.2, 0.25) is 0 Å². The van der Waals surface area contributed by atoms with Gasteiger partial charge in [-0.15, -0.1) is 11.3 Å². The van der Waals surface area contributed by atoms with E-state index >= 15 is 0 Å². The number of carbonyl (C=O) groups excluding carboxylic acids is 1. The molecule has 2 heterocycles. The average Bonchev–Trinajstić information content (AvgIpc) is 3.27. The van der Waals surface area contributed by atoms with Crippen LogP contribution in [0.4, 0.5) is 13.2 Å². The van der Waals surface area contributed by atoms with E-state index in [0.29, 0.717) is 32.7 Å². The highest BCUT2D eigenvalue weighted by atomic mass is 32.1. The molecule has 3 aromatic rings. The summed E-state index contributed by atoms with van der Waals surface area (Å²) in [6.07, 6.45) is -4.41. The quantitative estimate of drug-likeness (QED) is 0.548. The van der Waals surface area contributed by atoms with Gasteiger partial charge in [0, 0.05) is 49.2 Å². The number of carbonyl (C=O) groups is 1. The first-order valence-electron chi connectivity index (χ1n) is 10.1. The number of ether oxygens (including phenoxy) is 1. The number of halogens is 3. The van der Waals surface area contributed by atoms with Crippen molar-refractivity contribution in [2.75, 3.05) is 33.3 Å². The Kier molecular flexibility index (Phi) is 6.48. The first-order chi connectivity index (χ1) is 15.3. The second-order valence-corrected chi connectivity index (χ2v) is 8.38. The minimum atomic E-state index is -4.41. The summed E-state index contributed by atoms with van der Waals surface area (Å²) in [6, 6.07) is 12.2. The highest BCUT2D eigenvalue weighted by molar-refractivity contribution is 7.13. The number of alkyl halides is 3. The molecule has 1 saturated heterocycles. The van der Waals surface area contributed by atoms with E-state index in [-0.39, 0.29) is 11.5 Å². The molecule has 0 unspecified atom stereocenters. The van der Waals surface area contributed by atoms with E-state index in [1.165, 1.54) is 12.1 Å². The highest BCUT2D eigenvalue weighted by Gasteiger charge is 2.30. The van der Waals surface area contributed by atoms with Crippen LogP contribution in [0, 0.1) is 0 Å². The van der Waals surface area contributed by atoms with Gasteiger partial charge in [-0.3, -0.25) is 9.69 Å². The van der Waals surface area contributed by atoms with Crippen LogP contribution >= 0.6 is 11.3 Å². The molecule has 2 aromatic carbocycles. The van der Waals surface area contributed by atoms with Gasteiger partial charge in [0.25, 0.3) is 5.91 Å². The second kappa shape index (κ2) is 9.30. The number of amides is 1. The van der Waals surface area contributed by atoms with Gasteiger partial charge < -0.3 is 9.64 Å². The maximum Gasteiger partial charge on any atom is 0.416 e. The number of hydrogen-bond donors (Lipinski definition) is 0. The summed E-state index contributed by atoms with van der Waals surface area (Å²) in [5, 5.41) is 2.96. The van der Waals surface area contributed by atoms with E-state index in [2.05, 4.69) is 4.90 Å². The molecule has 0 spiro atoms.